The average molecular weight is 537 g/mol. The standard InChI is InChI=1S/C27H31F3N2O6/c1-4-37-22(33)21-16-25(24(35)38-5-2,18-32(21)17-19-12-8-6-9-13-19)31-23(34)26(36-3,27(28,29)30)20-14-10-7-11-15-20/h6-15,21H,4-5,16-18H2,1-3H3,(H,31,34)/t21-,25-,26-/m0/s1. The molecule has 1 fully saturated rings. The Labute approximate surface area is 219 Å². The van der Waals surface area contributed by atoms with Crippen LogP contribution in [0.4, 0.5) is 13.2 Å². The second-order valence-electron chi connectivity index (χ2n) is 8.87. The van der Waals surface area contributed by atoms with Crippen LogP contribution in [0, 0.1) is 0 Å². The van der Waals surface area contributed by atoms with Crippen molar-refractivity contribution in [3.05, 3.63) is 71.8 Å². The molecule has 0 aliphatic carbocycles. The number of esters is 2. The van der Waals surface area contributed by atoms with Crippen molar-refractivity contribution in [1.82, 2.24) is 10.2 Å². The summed E-state index contributed by atoms with van der Waals surface area (Å²) >= 11 is 0. The third kappa shape index (κ3) is 5.68. The Hall–Kier alpha value is -3.44. The van der Waals surface area contributed by atoms with Gasteiger partial charge in [0.25, 0.3) is 11.5 Å². The van der Waals surface area contributed by atoms with Gasteiger partial charge in [-0.05, 0) is 19.4 Å². The van der Waals surface area contributed by atoms with Crippen molar-refractivity contribution in [3.63, 3.8) is 0 Å². The minimum absolute atomic E-state index is 0.0577. The zero-order valence-electron chi connectivity index (χ0n) is 21.4. The van der Waals surface area contributed by atoms with Crippen molar-refractivity contribution in [2.24, 2.45) is 0 Å². The lowest BCUT2D eigenvalue weighted by Gasteiger charge is -2.37. The van der Waals surface area contributed by atoms with Crippen molar-refractivity contribution in [3.8, 4) is 0 Å². The van der Waals surface area contributed by atoms with Crippen molar-refractivity contribution in [1.29, 1.82) is 0 Å². The molecule has 1 amide bonds. The van der Waals surface area contributed by atoms with Gasteiger partial charge in [0.2, 0.25) is 0 Å². The fourth-order valence-corrected chi connectivity index (χ4v) is 4.72. The predicted molar refractivity (Wildman–Crippen MR) is 131 cm³/mol. The number of ether oxygens (including phenoxy) is 3. The molecule has 1 aliphatic rings. The first-order valence-electron chi connectivity index (χ1n) is 12.2. The third-order valence-electron chi connectivity index (χ3n) is 6.47. The van der Waals surface area contributed by atoms with Crippen LogP contribution in [0.1, 0.15) is 31.4 Å². The Morgan fingerprint density at radius 1 is 0.974 bits per heavy atom. The van der Waals surface area contributed by atoms with Gasteiger partial charge in [0.1, 0.15) is 6.04 Å². The molecule has 11 heteroatoms. The smallest absolute Gasteiger partial charge is 0.430 e. The van der Waals surface area contributed by atoms with Crippen LogP contribution in [-0.4, -0.2) is 67.4 Å². The van der Waals surface area contributed by atoms with Gasteiger partial charge in [-0.15, -0.1) is 0 Å². The first-order chi connectivity index (χ1) is 18.0. The monoisotopic (exact) mass is 536 g/mol. The van der Waals surface area contributed by atoms with Crippen LogP contribution >= 0.6 is 0 Å². The fourth-order valence-electron chi connectivity index (χ4n) is 4.72. The SMILES string of the molecule is CCOC(=O)[C@@H]1C[C@@](NC(=O)[C@@](OC)(c2ccccc2)C(F)(F)F)(C(=O)OCC)CN1Cc1ccccc1. The van der Waals surface area contributed by atoms with E-state index in [4.69, 9.17) is 14.2 Å². The number of carbonyl (C=O) groups excluding carboxylic acids is 3. The molecule has 1 heterocycles. The summed E-state index contributed by atoms with van der Waals surface area (Å²) in [7, 11) is 0.773. The minimum atomic E-state index is -5.19. The fraction of sp³-hybridized carbons (Fsp3) is 0.444. The summed E-state index contributed by atoms with van der Waals surface area (Å²) in [5, 5.41) is 2.31. The molecular formula is C27H31F3N2O6. The van der Waals surface area contributed by atoms with Crippen LogP contribution in [0.2, 0.25) is 0 Å². The average Bonchev–Trinajstić information content (AvgIpc) is 3.24. The van der Waals surface area contributed by atoms with E-state index in [1.165, 1.54) is 25.1 Å². The Bertz CT molecular complexity index is 1110. The molecule has 2 aromatic carbocycles. The van der Waals surface area contributed by atoms with Crippen LogP contribution in [0.3, 0.4) is 0 Å². The summed E-state index contributed by atoms with van der Waals surface area (Å²) in [6.45, 7) is 3.00. The lowest BCUT2D eigenvalue weighted by molar-refractivity contribution is -0.266. The Morgan fingerprint density at radius 2 is 1.55 bits per heavy atom. The van der Waals surface area contributed by atoms with E-state index in [9.17, 15) is 27.6 Å². The molecule has 3 atom stereocenters. The highest BCUT2D eigenvalue weighted by atomic mass is 19.4. The normalized spacial score (nSPS) is 21.4. The maximum atomic E-state index is 14.5. The summed E-state index contributed by atoms with van der Waals surface area (Å²) in [6, 6.07) is 14.4. The first kappa shape index (κ1) is 29.1. The lowest BCUT2D eigenvalue weighted by atomic mass is 9.88. The highest BCUT2D eigenvalue weighted by Gasteiger charge is 2.65. The van der Waals surface area contributed by atoms with E-state index in [-0.39, 0.29) is 32.7 Å². The number of hydrogen-bond acceptors (Lipinski definition) is 7. The van der Waals surface area contributed by atoms with Crippen LogP contribution in [0.15, 0.2) is 60.7 Å². The van der Waals surface area contributed by atoms with Crippen molar-refractivity contribution in [2.75, 3.05) is 26.9 Å². The van der Waals surface area contributed by atoms with Gasteiger partial charge in [-0.2, -0.15) is 13.2 Å². The summed E-state index contributed by atoms with van der Waals surface area (Å²) in [6.07, 6.45) is -5.54. The highest BCUT2D eigenvalue weighted by Crippen LogP contribution is 2.43. The summed E-state index contributed by atoms with van der Waals surface area (Å²) in [4.78, 5) is 41.4. The first-order valence-corrected chi connectivity index (χ1v) is 12.2. The third-order valence-corrected chi connectivity index (χ3v) is 6.47. The Balaban J connectivity index is 2.07. The van der Waals surface area contributed by atoms with E-state index >= 15 is 0 Å². The van der Waals surface area contributed by atoms with Gasteiger partial charge in [0.15, 0.2) is 5.54 Å². The lowest BCUT2D eigenvalue weighted by Crippen LogP contribution is -2.64. The number of carbonyl (C=O) groups is 3. The van der Waals surface area contributed by atoms with Crippen LogP contribution in [-0.2, 0) is 40.7 Å². The van der Waals surface area contributed by atoms with Gasteiger partial charge in [-0.1, -0.05) is 60.7 Å². The number of halogens is 3. The van der Waals surface area contributed by atoms with Gasteiger partial charge < -0.3 is 19.5 Å². The number of alkyl halides is 3. The van der Waals surface area contributed by atoms with Crippen LogP contribution in [0.5, 0.6) is 0 Å². The molecule has 0 saturated carbocycles. The molecular weight excluding hydrogens is 505 g/mol. The molecule has 0 spiro atoms. The van der Waals surface area contributed by atoms with Crippen LogP contribution in [0.25, 0.3) is 0 Å². The molecule has 0 aromatic heterocycles. The van der Waals surface area contributed by atoms with E-state index in [2.05, 4.69) is 5.32 Å². The Kier molecular flexibility index (Phi) is 9.16. The van der Waals surface area contributed by atoms with Gasteiger partial charge in [0.05, 0.1) is 13.2 Å². The molecule has 8 nitrogen and oxygen atoms in total. The van der Waals surface area contributed by atoms with E-state index in [0.29, 0.717) is 0 Å². The maximum absolute atomic E-state index is 14.5. The summed E-state index contributed by atoms with van der Waals surface area (Å²) in [5.74, 6) is -3.23. The van der Waals surface area contributed by atoms with E-state index in [1.807, 2.05) is 6.07 Å². The summed E-state index contributed by atoms with van der Waals surface area (Å²) < 4.78 is 58.9. The zero-order chi connectivity index (χ0) is 28.0. The topological polar surface area (TPSA) is 94.2 Å². The van der Waals surface area contributed by atoms with Gasteiger partial charge in [-0.25, -0.2) is 4.79 Å². The summed E-state index contributed by atoms with van der Waals surface area (Å²) in [5.41, 5.74) is -5.07. The van der Waals surface area contributed by atoms with Crippen LogP contribution < -0.4 is 5.32 Å². The molecule has 1 N–H and O–H groups in total. The number of likely N-dealkylation sites (tertiary alicyclic amines) is 1. The van der Waals surface area contributed by atoms with Crippen molar-refractivity contribution in [2.45, 2.75) is 50.2 Å². The Morgan fingerprint density at radius 3 is 2.08 bits per heavy atom. The number of rotatable bonds is 10. The number of methoxy groups -OCH3 is 1. The van der Waals surface area contributed by atoms with Gasteiger partial charge in [0, 0.05) is 32.2 Å². The quantitative estimate of drug-likeness (QED) is 0.466. The molecule has 0 unspecified atom stereocenters. The number of hydrogen-bond donors (Lipinski definition) is 1. The highest BCUT2D eigenvalue weighted by molar-refractivity contribution is 5.95. The van der Waals surface area contributed by atoms with E-state index in [0.717, 1.165) is 24.8 Å². The molecule has 1 aliphatic heterocycles. The molecule has 2 aromatic rings. The molecule has 1 saturated heterocycles. The maximum Gasteiger partial charge on any atom is 0.430 e. The van der Waals surface area contributed by atoms with E-state index in [1.54, 1.807) is 36.1 Å². The van der Waals surface area contributed by atoms with Gasteiger partial charge >= 0.3 is 18.1 Å². The molecule has 3 rings (SSSR count). The van der Waals surface area contributed by atoms with Crippen molar-refractivity contribution >= 4 is 17.8 Å². The molecule has 0 bridgehead atoms. The largest absolute Gasteiger partial charge is 0.465 e. The molecule has 38 heavy (non-hydrogen) atoms. The predicted octanol–water partition coefficient (Wildman–Crippen LogP) is 3.35. The van der Waals surface area contributed by atoms with Gasteiger partial charge in [-0.3, -0.25) is 14.5 Å². The number of nitrogens with zero attached hydrogens (tertiary/aromatic N) is 1. The minimum Gasteiger partial charge on any atom is -0.465 e. The second kappa shape index (κ2) is 12.0. The molecule has 0 radical (unpaired) electrons. The van der Waals surface area contributed by atoms with E-state index < -0.39 is 46.8 Å². The zero-order valence-corrected chi connectivity index (χ0v) is 21.4. The molecule has 206 valence electrons. The second-order valence-corrected chi connectivity index (χ2v) is 8.87. The number of amides is 1. The number of benzene rings is 2. The van der Waals surface area contributed by atoms with Crippen molar-refractivity contribution < 1.29 is 41.8 Å². The number of nitrogens with one attached hydrogen (secondary N) is 1.